The third-order valence-corrected chi connectivity index (χ3v) is 3.75. The highest BCUT2D eigenvalue weighted by atomic mass is 16.5. The first-order valence-corrected chi connectivity index (χ1v) is 7.66. The van der Waals surface area contributed by atoms with Gasteiger partial charge in [-0.1, -0.05) is 13.8 Å². The van der Waals surface area contributed by atoms with Crippen molar-refractivity contribution < 1.29 is 4.74 Å². The van der Waals surface area contributed by atoms with Crippen LogP contribution in [-0.4, -0.2) is 28.5 Å². The minimum Gasteiger partial charge on any atom is -0.373 e. The number of nitrogens with zero attached hydrogens (tertiary/aromatic N) is 2. The van der Waals surface area contributed by atoms with Gasteiger partial charge in [0.1, 0.15) is 0 Å². The number of ether oxygens (including phenoxy) is 1. The smallest absolute Gasteiger partial charge is 0.0789 e. The van der Waals surface area contributed by atoms with Gasteiger partial charge in [0.25, 0.3) is 0 Å². The average Bonchev–Trinajstić information content (AvgIpc) is 3.01. The van der Waals surface area contributed by atoms with Gasteiger partial charge in [-0.3, -0.25) is 4.68 Å². The Hall–Kier alpha value is -0.870. The SMILES string of the molecule is CCCNC(c1ccnn1CCC)C1CCC(C)O1. The Morgan fingerprint density at radius 3 is 2.89 bits per heavy atom. The van der Waals surface area contributed by atoms with Crippen molar-refractivity contribution in [2.45, 2.75) is 71.2 Å². The first-order valence-electron chi connectivity index (χ1n) is 7.66. The molecule has 1 aliphatic rings. The Morgan fingerprint density at radius 1 is 1.42 bits per heavy atom. The molecule has 3 unspecified atom stereocenters. The topological polar surface area (TPSA) is 39.1 Å². The van der Waals surface area contributed by atoms with Gasteiger partial charge in [0.15, 0.2) is 0 Å². The molecule has 1 aromatic rings. The van der Waals surface area contributed by atoms with Crippen LogP contribution in [0.15, 0.2) is 12.3 Å². The summed E-state index contributed by atoms with van der Waals surface area (Å²) in [6.45, 7) is 8.56. The zero-order chi connectivity index (χ0) is 13.7. The molecular formula is C15H27N3O. The summed E-state index contributed by atoms with van der Waals surface area (Å²) in [6, 6.07) is 2.41. The summed E-state index contributed by atoms with van der Waals surface area (Å²) >= 11 is 0. The second kappa shape index (κ2) is 7.06. The molecule has 1 aromatic heterocycles. The van der Waals surface area contributed by atoms with Crippen molar-refractivity contribution >= 4 is 0 Å². The maximum Gasteiger partial charge on any atom is 0.0789 e. The molecule has 4 nitrogen and oxygen atoms in total. The number of nitrogens with one attached hydrogen (secondary N) is 1. The van der Waals surface area contributed by atoms with E-state index in [1.165, 1.54) is 5.69 Å². The number of rotatable bonds is 7. The van der Waals surface area contributed by atoms with E-state index in [-0.39, 0.29) is 12.1 Å². The standard InChI is InChI=1S/C15H27N3O/c1-4-9-16-15(14-7-6-12(3)19-14)13-8-10-17-18(13)11-5-2/h8,10,12,14-16H,4-7,9,11H2,1-3H3. The molecule has 19 heavy (non-hydrogen) atoms. The fourth-order valence-electron chi connectivity index (χ4n) is 2.81. The van der Waals surface area contributed by atoms with Gasteiger partial charge in [-0.2, -0.15) is 5.10 Å². The van der Waals surface area contributed by atoms with Gasteiger partial charge in [-0.15, -0.1) is 0 Å². The van der Waals surface area contributed by atoms with Gasteiger partial charge in [0.2, 0.25) is 0 Å². The monoisotopic (exact) mass is 265 g/mol. The van der Waals surface area contributed by atoms with E-state index in [4.69, 9.17) is 4.74 Å². The number of aryl methyl sites for hydroxylation is 1. The normalized spacial score (nSPS) is 24.8. The molecule has 0 spiro atoms. The summed E-state index contributed by atoms with van der Waals surface area (Å²) in [7, 11) is 0. The maximum atomic E-state index is 6.07. The van der Waals surface area contributed by atoms with Gasteiger partial charge in [-0.25, -0.2) is 0 Å². The third kappa shape index (κ3) is 3.57. The Kier molecular flexibility index (Phi) is 5.40. The van der Waals surface area contributed by atoms with E-state index in [2.05, 4.69) is 41.9 Å². The summed E-state index contributed by atoms with van der Waals surface area (Å²) in [5.41, 5.74) is 1.27. The number of aromatic nitrogens is 2. The molecule has 0 radical (unpaired) electrons. The van der Waals surface area contributed by atoms with Gasteiger partial charge in [-0.05, 0) is 45.2 Å². The molecule has 2 rings (SSSR count). The van der Waals surface area contributed by atoms with Crippen LogP contribution in [0.25, 0.3) is 0 Å². The van der Waals surface area contributed by atoms with Gasteiger partial charge >= 0.3 is 0 Å². The lowest BCUT2D eigenvalue weighted by molar-refractivity contribution is 0.0296. The van der Waals surface area contributed by atoms with Crippen LogP contribution in [0.5, 0.6) is 0 Å². The third-order valence-electron chi connectivity index (χ3n) is 3.75. The molecule has 2 heterocycles. The molecule has 0 amide bonds. The molecule has 4 heteroatoms. The lowest BCUT2D eigenvalue weighted by Crippen LogP contribution is -2.34. The summed E-state index contributed by atoms with van der Waals surface area (Å²) in [5.74, 6) is 0. The second-order valence-electron chi connectivity index (χ2n) is 5.47. The van der Waals surface area contributed by atoms with Crippen LogP contribution in [0.4, 0.5) is 0 Å². The van der Waals surface area contributed by atoms with Crippen LogP contribution in [0.1, 0.15) is 58.2 Å². The van der Waals surface area contributed by atoms with E-state index in [1.54, 1.807) is 0 Å². The van der Waals surface area contributed by atoms with Gasteiger partial charge in [0.05, 0.1) is 23.9 Å². The van der Waals surface area contributed by atoms with Crippen molar-refractivity contribution in [2.24, 2.45) is 0 Å². The Morgan fingerprint density at radius 2 is 2.26 bits per heavy atom. The fourth-order valence-corrected chi connectivity index (χ4v) is 2.81. The van der Waals surface area contributed by atoms with E-state index in [0.717, 1.165) is 38.8 Å². The predicted octanol–water partition coefficient (Wildman–Crippen LogP) is 2.90. The Labute approximate surface area is 116 Å². The van der Waals surface area contributed by atoms with E-state index >= 15 is 0 Å². The van der Waals surface area contributed by atoms with Crippen molar-refractivity contribution in [2.75, 3.05) is 6.54 Å². The minimum atomic E-state index is 0.277. The van der Waals surface area contributed by atoms with Crippen LogP contribution in [0.2, 0.25) is 0 Å². The number of hydrogen-bond acceptors (Lipinski definition) is 3. The van der Waals surface area contributed by atoms with Crippen LogP contribution >= 0.6 is 0 Å². The fraction of sp³-hybridized carbons (Fsp3) is 0.800. The van der Waals surface area contributed by atoms with Crippen LogP contribution < -0.4 is 5.32 Å². The zero-order valence-electron chi connectivity index (χ0n) is 12.4. The van der Waals surface area contributed by atoms with E-state index in [0.29, 0.717) is 6.10 Å². The van der Waals surface area contributed by atoms with Crippen LogP contribution in [-0.2, 0) is 11.3 Å². The molecule has 1 saturated heterocycles. The quantitative estimate of drug-likeness (QED) is 0.824. The number of hydrogen-bond donors (Lipinski definition) is 1. The van der Waals surface area contributed by atoms with Crippen LogP contribution in [0.3, 0.4) is 0 Å². The van der Waals surface area contributed by atoms with E-state index < -0.39 is 0 Å². The molecule has 0 bridgehead atoms. The summed E-state index contributed by atoms with van der Waals surface area (Å²) in [4.78, 5) is 0. The molecule has 1 fully saturated rings. The van der Waals surface area contributed by atoms with Gasteiger partial charge in [0, 0.05) is 12.7 Å². The molecule has 1 N–H and O–H groups in total. The molecule has 0 aliphatic carbocycles. The molecule has 0 saturated carbocycles. The van der Waals surface area contributed by atoms with Crippen LogP contribution in [0, 0.1) is 0 Å². The zero-order valence-corrected chi connectivity index (χ0v) is 12.4. The summed E-state index contributed by atoms with van der Waals surface area (Å²) < 4.78 is 8.20. The highest BCUT2D eigenvalue weighted by Gasteiger charge is 2.32. The van der Waals surface area contributed by atoms with Crippen molar-refractivity contribution in [1.82, 2.24) is 15.1 Å². The lowest BCUT2D eigenvalue weighted by Gasteiger charge is -2.25. The highest BCUT2D eigenvalue weighted by molar-refractivity contribution is 5.10. The maximum absolute atomic E-state index is 6.07. The van der Waals surface area contributed by atoms with E-state index in [9.17, 15) is 0 Å². The van der Waals surface area contributed by atoms with Crippen molar-refractivity contribution in [3.05, 3.63) is 18.0 Å². The van der Waals surface area contributed by atoms with E-state index in [1.807, 2.05) is 6.20 Å². The van der Waals surface area contributed by atoms with Crippen molar-refractivity contribution in [3.8, 4) is 0 Å². The largest absolute Gasteiger partial charge is 0.373 e. The Balaban J connectivity index is 2.13. The summed E-state index contributed by atoms with van der Waals surface area (Å²) in [6.07, 6.45) is 7.13. The summed E-state index contributed by atoms with van der Waals surface area (Å²) in [5, 5.41) is 8.09. The molecule has 1 aliphatic heterocycles. The van der Waals surface area contributed by atoms with Gasteiger partial charge < -0.3 is 10.1 Å². The lowest BCUT2D eigenvalue weighted by atomic mass is 10.0. The average molecular weight is 265 g/mol. The molecule has 108 valence electrons. The first-order chi connectivity index (χ1) is 9.26. The van der Waals surface area contributed by atoms with Crippen molar-refractivity contribution in [1.29, 1.82) is 0 Å². The first kappa shape index (κ1) is 14.5. The predicted molar refractivity (Wildman–Crippen MR) is 77.1 cm³/mol. The highest BCUT2D eigenvalue weighted by Crippen LogP contribution is 2.30. The molecular weight excluding hydrogens is 238 g/mol. The second-order valence-corrected chi connectivity index (χ2v) is 5.47. The van der Waals surface area contributed by atoms with Crippen molar-refractivity contribution in [3.63, 3.8) is 0 Å². The molecule has 0 aromatic carbocycles. The molecule has 3 atom stereocenters. The minimum absolute atomic E-state index is 0.277. The Bertz CT molecular complexity index is 377.